The summed E-state index contributed by atoms with van der Waals surface area (Å²) < 4.78 is 0. The molecule has 3 aromatic rings. The third kappa shape index (κ3) is 1.59. The number of benzene rings is 3. The molecule has 3 aliphatic carbocycles. The van der Waals surface area contributed by atoms with Gasteiger partial charge < -0.3 is 10.2 Å². The molecule has 126 valence electrons. The van der Waals surface area contributed by atoms with Crippen molar-refractivity contribution in [3.63, 3.8) is 0 Å². The van der Waals surface area contributed by atoms with E-state index in [0.717, 1.165) is 22.3 Å². The van der Waals surface area contributed by atoms with E-state index in [-0.39, 0.29) is 23.0 Å². The lowest BCUT2D eigenvalue weighted by Crippen LogP contribution is -2.30. The van der Waals surface area contributed by atoms with Crippen molar-refractivity contribution in [3.05, 3.63) is 93.0 Å². The summed E-state index contributed by atoms with van der Waals surface area (Å²) in [5.41, 5.74) is 5.62. The Kier molecular flexibility index (Phi) is 2.89. The SMILES string of the molecule is O=Cc1c(O)c(O)c(C=O)c2c1C1c3ccccc3C2c2ccccc21. The quantitative estimate of drug-likeness (QED) is 0.379. The molecule has 2 bridgehead atoms. The number of phenols is 2. The van der Waals surface area contributed by atoms with Crippen LogP contribution in [-0.4, -0.2) is 22.8 Å². The van der Waals surface area contributed by atoms with Crippen molar-refractivity contribution < 1.29 is 19.8 Å². The number of carbonyl (C=O) groups is 2. The second-order valence-electron chi connectivity index (χ2n) is 6.71. The van der Waals surface area contributed by atoms with Gasteiger partial charge in [-0.1, -0.05) is 48.5 Å². The Morgan fingerprint density at radius 1 is 0.615 bits per heavy atom. The molecule has 4 nitrogen and oxygen atoms in total. The van der Waals surface area contributed by atoms with Crippen molar-refractivity contribution in [1.82, 2.24) is 0 Å². The number of aromatic hydroxyl groups is 2. The molecule has 2 N–H and O–H groups in total. The van der Waals surface area contributed by atoms with Gasteiger partial charge in [0, 0.05) is 11.8 Å². The summed E-state index contributed by atoms with van der Waals surface area (Å²) >= 11 is 0. The van der Waals surface area contributed by atoms with Crippen molar-refractivity contribution in [2.45, 2.75) is 11.8 Å². The third-order valence-electron chi connectivity index (χ3n) is 5.65. The largest absolute Gasteiger partial charge is 0.504 e. The van der Waals surface area contributed by atoms with Crippen molar-refractivity contribution in [2.75, 3.05) is 0 Å². The Morgan fingerprint density at radius 2 is 0.923 bits per heavy atom. The second kappa shape index (κ2) is 5.05. The Hall–Kier alpha value is -3.40. The fourth-order valence-electron chi connectivity index (χ4n) is 4.69. The minimum atomic E-state index is -0.525. The number of carbonyl (C=O) groups excluding carboxylic acids is 2. The lowest BCUT2D eigenvalue weighted by Gasteiger charge is -2.43. The van der Waals surface area contributed by atoms with Crippen LogP contribution in [0.3, 0.4) is 0 Å². The summed E-state index contributed by atoms with van der Waals surface area (Å²) in [6.07, 6.45) is 1.13. The molecule has 0 unspecified atom stereocenters. The van der Waals surface area contributed by atoms with Crippen LogP contribution in [0.1, 0.15) is 65.9 Å². The number of rotatable bonds is 2. The maximum absolute atomic E-state index is 11.8. The van der Waals surface area contributed by atoms with E-state index in [1.54, 1.807) is 0 Å². The molecule has 6 rings (SSSR count). The molecule has 3 aliphatic rings. The van der Waals surface area contributed by atoms with Gasteiger partial charge in [-0.25, -0.2) is 0 Å². The molecule has 4 heteroatoms. The smallest absolute Gasteiger partial charge is 0.169 e. The van der Waals surface area contributed by atoms with E-state index in [4.69, 9.17) is 0 Å². The van der Waals surface area contributed by atoms with Crippen LogP contribution in [0.2, 0.25) is 0 Å². The predicted molar refractivity (Wildman–Crippen MR) is 95.3 cm³/mol. The van der Waals surface area contributed by atoms with Crippen molar-refractivity contribution in [2.24, 2.45) is 0 Å². The van der Waals surface area contributed by atoms with Crippen LogP contribution in [0.25, 0.3) is 0 Å². The highest BCUT2D eigenvalue weighted by molar-refractivity contribution is 5.95. The predicted octanol–water partition coefficient (Wildman–Crippen LogP) is 3.71. The average molecular weight is 342 g/mol. The molecule has 0 amide bonds. The topological polar surface area (TPSA) is 74.6 Å². The first kappa shape index (κ1) is 14.9. The molecule has 0 atom stereocenters. The van der Waals surface area contributed by atoms with E-state index in [0.29, 0.717) is 23.7 Å². The van der Waals surface area contributed by atoms with Crippen LogP contribution in [-0.2, 0) is 0 Å². The summed E-state index contributed by atoms with van der Waals surface area (Å²) in [5, 5.41) is 20.7. The maximum Gasteiger partial charge on any atom is 0.169 e. The molecule has 0 aliphatic heterocycles. The summed E-state index contributed by atoms with van der Waals surface area (Å²) in [6, 6.07) is 15.9. The highest BCUT2D eigenvalue weighted by Gasteiger charge is 2.45. The molecule has 0 fully saturated rings. The fraction of sp³-hybridized carbons (Fsp3) is 0.0909. The lowest BCUT2D eigenvalue weighted by molar-refractivity contribution is 0.110. The zero-order valence-corrected chi connectivity index (χ0v) is 13.6. The van der Waals surface area contributed by atoms with Gasteiger partial charge in [0.05, 0.1) is 11.1 Å². The van der Waals surface area contributed by atoms with Gasteiger partial charge in [0.1, 0.15) is 0 Å². The molecule has 0 spiro atoms. The Bertz CT molecular complexity index is 979. The Morgan fingerprint density at radius 3 is 1.19 bits per heavy atom. The standard InChI is InChI=1S/C22H14O4/c23-9-15-19-17-11-5-1-2-6-12(11)18(14-8-4-3-7-13(14)17)20(19)16(10-24)22(26)21(15)25/h1-10,17-18,25-26H. The first-order valence-electron chi connectivity index (χ1n) is 8.38. The Labute approximate surface area is 149 Å². The van der Waals surface area contributed by atoms with E-state index in [1.165, 1.54) is 0 Å². The minimum absolute atomic E-state index is 0.0575. The van der Waals surface area contributed by atoms with E-state index in [2.05, 4.69) is 0 Å². The van der Waals surface area contributed by atoms with Crippen LogP contribution >= 0.6 is 0 Å². The van der Waals surface area contributed by atoms with Crippen LogP contribution in [0.15, 0.2) is 48.5 Å². The third-order valence-corrected chi connectivity index (χ3v) is 5.65. The van der Waals surface area contributed by atoms with Gasteiger partial charge >= 0.3 is 0 Å². The molecule has 0 aromatic heterocycles. The zero-order chi connectivity index (χ0) is 18.0. The van der Waals surface area contributed by atoms with Gasteiger partial charge in [-0.05, 0) is 33.4 Å². The molecule has 3 aromatic carbocycles. The average Bonchev–Trinajstić information content (AvgIpc) is 2.69. The molecular formula is C22H14O4. The number of aldehydes is 2. The van der Waals surface area contributed by atoms with Gasteiger partial charge in [0.25, 0.3) is 0 Å². The molecule has 0 heterocycles. The van der Waals surface area contributed by atoms with Gasteiger partial charge in [-0.3, -0.25) is 9.59 Å². The van der Waals surface area contributed by atoms with E-state index in [9.17, 15) is 19.8 Å². The van der Waals surface area contributed by atoms with Crippen LogP contribution < -0.4 is 0 Å². The number of hydrogen-bond acceptors (Lipinski definition) is 4. The molecule has 26 heavy (non-hydrogen) atoms. The van der Waals surface area contributed by atoms with Crippen LogP contribution in [0.4, 0.5) is 0 Å². The summed E-state index contributed by atoms with van der Waals surface area (Å²) in [6.45, 7) is 0. The summed E-state index contributed by atoms with van der Waals surface area (Å²) in [7, 11) is 0. The van der Waals surface area contributed by atoms with Crippen molar-refractivity contribution >= 4 is 12.6 Å². The first-order chi connectivity index (χ1) is 12.7. The van der Waals surface area contributed by atoms with E-state index >= 15 is 0 Å². The van der Waals surface area contributed by atoms with Crippen LogP contribution in [0.5, 0.6) is 11.5 Å². The minimum Gasteiger partial charge on any atom is -0.504 e. The zero-order valence-electron chi connectivity index (χ0n) is 13.6. The normalized spacial score (nSPS) is 18.6. The van der Waals surface area contributed by atoms with Gasteiger partial charge in [-0.15, -0.1) is 0 Å². The molecule has 0 saturated carbocycles. The van der Waals surface area contributed by atoms with Crippen molar-refractivity contribution in [3.8, 4) is 11.5 Å². The van der Waals surface area contributed by atoms with Crippen molar-refractivity contribution in [1.29, 1.82) is 0 Å². The summed E-state index contributed by atoms with van der Waals surface area (Å²) in [5.74, 6) is -1.56. The molecule has 0 saturated heterocycles. The Balaban J connectivity index is 2.00. The summed E-state index contributed by atoms with van der Waals surface area (Å²) in [4.78, 5) is 23.6. The number of phenolic OH excluding ortho intramolecular Hbond substituents is 2. The number of hydrogen-bond donors (Lipinski definition) is 2. The van der Waals surface area contributed by atoms with E-state index < -0.39 is 11.5 Å². The van der Waals surface area contributed by atoms with Gasteiger partial charge in [0.15, 0.2) is 24.1 Å². The van der Waals surface area contributed by atoms with E-state index in [1.807, 2.05) is 48.5 Å². The molecular weight excluding hydrogens is 328 g/mol. The van der Waals surface area contributed by atoms with Gasteiger partial charge in [-0.2, -0.15) is 0 Å². The highest BCUT2D eigenvalue weighted by atomic mass is 16.3. The lowest BCUT2D eigenvalue weighted by atomic mass is 9.59. The highest BCUT2D eigenvalue weighted by Crippen LogP contribution is 2.59. The first-order valence-corrected chi connectivity index (χ1v) is 8.38. The maximum atomic E-state index is 11.8. The monoisotopic (exact) mass is 342 g/mol. The fourth-order valence-corrected chi connectivity index (χ4v) is 4.69. The second-order valence-corrected chi connectivity index (χ2v) is 6.71. The molecule has 0 radical (unpaired) electrons. The van der Waals surface area contributed by atoms with Gasteiger partial charge in [0.2, 0.25) is 0 Å². The van der Waals surface area contributed by atoms with Crippen LogP contribution in [0, 0.1) is 0 Å².